The molecule has 4 atom stereocenters. The SMILES string of the molecule is CCCCCCCCCCCCCCCCCCCCCC/C=C/CC/C=C/CCCC(O)C(O)C(CO)NC(=O)C(O)CCCCCCCCCCCCCCCCCCCCCCCCCCCCCC. The van der Waals surface area contributed by atoms with Crippen LogP contribution in [0.4, 0.5) is 0 Å². The minimum atomic E-state index is -1.29. The van der Waals surface area contributed by atoms with Crippen LogP contribution in [0, 0.1) is 0 Å². The Hall–Kier alpha value is -1.21. The van der Waals surface area contributed by atoms with Crippen molar-refractivity contribution in [2.24, 2.45) is 0 Å². The molecule has 0 aromatic rings. The summed E-state index contributed by atoms with van der Waals surface area (Å²) in [6.45, 7) is 4.09. The molecule has 0 rings (SSSR count). The van der Waals surface area contributed by atoms with Crippen molar-refractivity contribution in [3.8, 4) is 0 Å². The Balaban J connectivity index is 3.59. The topological polar surface area (TPSA) is 110 Å². The summed E-state index contributed by atoms with van der Waals surface area (Å²) < 4.78 is 0. The molecule has 0 aromatic heterocycles. The van der Waals surface area contributed by atoms with Gasteiger partial charge < -0.3 is 25.7 Å². The highest BCUT2D eigenvalue weighted by Crippen LogP contribution is 2.19. The lowest BCUT2D eigenvalue weighted by Crippen LogP contribution is -2.53. The average Bonchev–Trinajstić information content (AvgIpc) is 3.40. The molecule has 6 nitrogen and oxygen atoms in total. The standard InChI is InChI=1S/C67H131NO5/c1-3-5-7-9-11-13-15-17-19-21-23-25-27-29-31-33-35-36-38-40-42-44-46-48-50-52-54-56-58-60-64(70)66(72)63(62-69)68-67(73)65(71)61-59-57-55-53-51-49-47-45-43-41-39-37-34-32-30-28-26-24-22-20-18-16-14-12-10-8-6-4-2/h44,46,52,54,63-66,69-72H,3-43,45,47-51,53,55-62H2,1-2H3,(H,68,73)/b46-44+,54-52+. The van der Waals surface area contributed by atoms with Gasteiger partial charge in [0, 0.05) is 0 Å². The molecule has 0 aliphatic heterocycles. The molecule has 0 aliphatic rings. The summed E-state index contributed by atoms with van der Waals surface area (Å²) in [6.07, 6.45) is 77.2. The number of nitrogens with one attached hydrogen (secondary N) is 1. The number of aliphatic hydroxyl groups is 4. The predicted molar refractivity (Wildman–Crippen MR) is 321 cm³/mol. The van der Waals surface area contributed by atoms with Crippen molar-refractivity contribution in [2.75, 3.05) is 6.61 Å². The summed E-state index contributed by atoms with van der Waals surface area (Å²) >= 11 is 0. The average molecular weight is 1030 g/mol. The quantitative estimate of drug-likeness (QED) is 0.0308. The molecular formula is C67H131NO5. The number of aliphatic hydroxyl groups excluding tert-OH is 4. The van der Waals surface area contributed by atoms with E-state index in [0.717, 1.165) is 38.5 Å². The number of hydrogen-bond acceptors (Lipinski definition) is 5. The Morgan fingerprint density at radius 1 is 0.329 bits per heavy atom. The minimum absolute atomic E-state index is 0.365. The minimum Gasteiger partial charge on any atom is -0.394 e. The molecule has 73 heavy (non-hydrogen) atoms. The summed E-state index contributed by atoms with van der Waals surface area (Å²) in [7, 11) is 0. The van der Waals surface area contributed by atoms with Gasteiger partial charge in [-0.15, -0.1) is 0 Å². The van der Waals surface area contributed by atoms with Crippen molar-refractivity contribution in [1.82, 2.24) is 5.32 Å². The van der Waals surface area contributed by atoms with Crippen LogP contribution in [0.25, 0.3) is 0 Å². The van der Waals surface area contributed by atoms with Gasteiger partial charge in [-0.3, -0.25) is 4.79 Å². The van der Waals surface area contributed by atoms with Crippen LogP contribution < -0.4 is 5.32 Å². The lowest BCUT2D eigenvalue weighted by molar-refractivity contribution is -0.132. The summed E-state index contributed by atoms with van der Waals surface area (Å²) in [5.41, 5.74) is 0. The normalized spacial score (nSPS) is 13.7. The molecule has 0 aliphatic carbocycles. The maximum atomic E-state index is 12.6. The molecule has 0 fully saturated rings. The summed E-state index contributed by atoms with van der Waals surface area (Å²) in [4.78, 5) is 12.6. The fraction of sp³-hybridized carbons (Fsp3) is 0.925. The van der Waals surface area contributed by atoms with E-state index >= 15 is 0 Å². The highest BCUT2D eigenvalue weighted by atomic mass is 16.3. The molecule has 0 saturated heterocycles. The van der Waals surface area contributed by atoms with Gasteiger partial charge in [0.2, 0.25) is 5.91 Å². The maximum absolute atomic E-state index is 12.6. The first-order valence-corrected chi connectivity index (χ1v) is 33.2. The number of amides is 1. The zero-order chi connectivity index (χ0) is 53.0. The number of carbonyl (C=O) groups is 1. The first-order valence-electron chi connectivity index (χ1n) is 33.2. The second-order valence-corrected chi connectivity index (χ2v) is 23.2. The van der Waals surface area contributed by atoms with Gasteiger partial charge in [-0.25, -0.2) is 0 Å². The predicted octanol–water partition coefficient (Wildman–Crippen LogP) is 20.2. The molecule has 0 bridgehead atoms. The lowest BCUT2D eigenvalue weighted by Gasteiger charge is -2.27. The molecule has 0 aromatic carbocycles. The van der Waals surface area contributed by atoms with Crippen molar-refractivity contribution in [1.29, 1.82) is 0 Å². The van der Waals surface area contributed by atoms with Crippen LogP contribution in [0.1, 0.15) is 367 Å². The number of unbranched alkanes of at least 4 members (excludes halogenated alkanes) is 49. The van der Waals surface area contributed by atoms with Gasteiger partial charge in [0.25, 0.3) is 0 Å². The highest BCUT2D eigenvalue weighted by molar-refractivity contribution is 5.80. The fourth-order valence-corrected chi connectivity index (χ4v) is 10.7. The van der Waals surface area contributed by atoms with E-state index in [1.165, 1.54) is 295 Å². The zero-order valence-corrected chi connectivity index (χ0v) is 49.4. The van der Waals surface area contributed by atoms with Crippen molar-refractivity contribution < 1.29 is 25.2 Å². The molecule has 434 valence electrons. The second kappa shape index (κ2) is 61.6. The largest absolute Gasteiger partial charge is 0.394 e. The van der Waals surface area contributed by atoms with E-state index < -0.39 is 36.9 Å². The van der Waals surface area contributed by atoms with Gasteiger partial charge in [0.05, 0.1) is 18.8 Å². The van der Waals surface area contributed by atoms with Gasteiger partial charge in [-0.1, -0.05) is 340 Å². The van der Waals surface area contributed by atoms with Gasteiger partial charge in [-0.05, 0) is 51.4 Å². The molecular weight excluding hydrogens is 899 g/mol. The van der Waals surface area contributed by atoms with E-state index in [4.69, 9.17) is 0 Å². The second-order valence-electron chi connectivity index (χ2n) is 23.2. The molecule has 4 unspecified atom stereocenters. The molecule has 6 heteroatoms. The summed E-state index contributed by atoms with van der Waals surface area (Å²) in [6, 6.07) is -1.01. The van der Waals surface area contributed by atoms with Gasteiger partial charge in [-0.2, -0.15) is 0 Å². The Morgan fingerprint density at radius 3 is 0.863 bits per heavy atom. The third-order valence-electron chi connectivity index (χ3n) is 15.9. The van der Waals surface area contributed by atoms with Crippen LogP contribution in [0.5, 0.6) is 0 Å². The van der Waals surface area contributed by atoms with Crippen molar-refractivity contribution in [3.63, 3.8) is 0 Å². The highest BCUT2D eigenvalue weighted by Gasteiger charge is 2.28. The van der Waals surface area contributed by atoms with Crippen molar-refractivity contribution in [2.45, 2.75) is 391 Å². The summed E-state index contributed by atoms with van der Waals surface area (Å²) in [5, 5.41) is 44.1. The van der Waals surface area contributed by atoms with Crippen LogP contribution in [-0.2, 0) is 4.79 Å². The molecule has 0 spiro atoms. The number of hydrogen-bond donors (Lipinski definition) is 5. The Morgan fingerprint density at radius 2 is 0.575 bits per heavy atom. The molecule has 0 radical (unpaired) electrons. The number of rotatable bonds is 62. The Kier molecular flexibility index (Phi) is 60.6. The van der Waals surface area contributed by atoms with E-state index in [2.05, 4.69) is 43.5 Å². The maximum Gasteiger partial charge on any atom is 0.249 e. The summed E-state index contributed by atoms with van der Waals surface area (Å²) in [5.74, 6) is -0.590. The number of carbonyl (C=O) groups excluding carboxylic acids is 1. The van der Waals surface area contributed by atoms with Gasteiger partial charge >= 0.3 is 0 Å². The fourth-order valence-electron chi connectivity index (χ4n) is 10.7. The number of allylic oxidation sites excluding steroid dienone is 4. The van der Waals surface area contributed by atoms with Crippen LogP contribution in [0.15, 0.2) is 24.3 Å². The van der Waals surface area contributed by atoms with Crippen molar-refractivity contribution in [3.05, 3.63) is 24.3 Å². The monoisotopic (exact) mass is 1030 g/mol. The molecule has 1 amide bonds. The third-order valence-corrected chi connectivity index (χ3v) is 15.9. The van der Waals surface area contributed by atoms with Crippen LogP contribution in [0.2, 0.25) is 0 Å². The molecule has 0 saturated carbocycles. The van der Waals surface area contributed by atoms with Crippen LogP contribution in [0.3, 0.4) is 0 Å². The third kappa shape index (κ3) is 55.4. The van der Waals surface area contributed by atoms with Crippen molar-refractivity contribution >= 4 is 5.91 Å². The van der Waals surface area contributed by atoms with E-state index in [0.29, 0.717) is 19.3 Å². The van der Waals surface area contributed by atoms with Gasteiger partial charge in [0.1, 0.15) is 12.2 Å². The first-order chi connectivity index (χ1) is 36.0. The van der Waals surface area contributed by atoms with E-state index in [9.17, 15) is 25.2 Å². The molecule has 5 N–H and O–H groups in total. The zero-order valence-electron chi connectivity index (χ0n) is 49.4. The van der Waals surface area contributed by atoms with E-state index in [1.807, 2.05) is 0 Å². The van der Waals surface area contributed by atoms with Crippen LogP contribution >= 0.6 is 0 Å². The van der Waals surface area contributed by atoms with E-state index in [1.54, 1.807) is 0 Å². The smallest absolute Gasteiger partial charge is 0.249 e. The Bertz CT molecular complexity index is 1110. The Labute approximate surface area is 456 Å². The molecule has 0 heterocycles. The first kappa shape index (κ1) is 71.8. The van der Waals surface area contributed by atoms with E-state index in [-0.39, 0.29) is 0 Å². The lowest BCUT2D eigenvalue weighted by atomic mass is 10.00. The van der Waals surface area contributed by atoms with Crippen LogP contribution in [-0.4, -0.2) is 57.3 Å². The van der Waals surface area contributed by atoms with Gasteiger partial charge in [0.15, 0.2) is 0 Å².